The zero-order valence-electron chi connectivity index (χ0n) is 12.7. The molecule has 1 atom stereocenters. The van der Waals surface area contributed by atoms with E-state index in [-0.39, 0.29) is 24.9 Å². The van der Waals surface area contributed by atoms with Crippen LogP contribution in [0.5, 0.6) is 0 Å². The molecule has 1 aromatic rings. The third kappa shape index (κ3) is 4.81. The van der Waals surface area contributed by atoms with Crippen LogP contribution in [0.25, 0.3) is 0 Å². The molecule has 0 amide bonds. The van der Waals surface area contributed by atoms with Crippen molar-refractivity contribution in [1.29, 1.82) is 0 Å². The van der Waals surface area contributed by atoms with Crippen LogP contribution in [0.15, 0.2) is 29.2 Å². The van der Waals surface area contributed by atoms with Crippen LogP contribution in [0.2, 0.25) is 0 Å². The summed E-state index contributed by atoms with van der Waals surface area (Å²) in [6.07, 6.45) is 0.812. The Hall–Kier alpha value is -0.880. The van der Waals surface area contributed by atoms with Gasteiger partial charge in [-0.2, -0.15) is 0 Å². The third-order valence-corrected chi connectivity index (χ3v) is 4.61. The fraction of sp³-hybridized carbons (Fsp3) is 0.562. The predicted molar refractivity (Wildman–Crippen MR) is 86.7 cm³/mol. The maximum Gasteiger partial charge on any atom is 0.182 e. The van der Waals surface area contributed by atoms with Gasteiger partial charge < -0.3 is 15.9 Å². The van der Waals surface area contributed by atoms with Gasteiger partial charge in [-0.1, -0.05) is 19.1 Å². The molecule has 0 aliphatic rings. The molecule has 0 heterocycles. The van der Waals surface area contributed by atoms with Crippen molar-refractivity contribution in [3.63, 3.8) is 0 Å². The molecule has 21 heavy (non-hydrogen) atoms. The molecule has 5 heteroatoms. The normalized spacial score (nSPS) is 14.2. The molecule has 1 rings (SSSR count). The fourth-order valence-electron chi connectivity index (χ4n) is 2.42. The van der Waals surface area contributed by atoms with Gasteiger partial charge >= 0.3 is 0 Å². The molecular weight excluding hydrogens is 286 g/mol. The van der Waals surface area contributed by atoms with E-state index in [1.807, 2.05) is 12.1 Å². The smallest absolute Gasteiger partial charge is 0.182 e. The molecule has 0 radical (unpaired) electrons. The summed E-state index contributed by atoms with van der Waals surface area (Å²) in [4.78, 5) is 13.8. The molecule has 0 saturated heterocycles. The van der Waals surface area contributed by atoms with Gasteiger partial charge in [0.25, 0.3) is 0 Å². The second-order valence-electron chi connectivity index (χ2n) is 5.29. The summed E-state index contributed by atoms with van der Waals surface area (Å²) in [6.45, 7) is 3.67. The number of aliphatic hydroxyl groups is 2. The Morgan fingerprint density at radius 1 is 1.24 bits per heavy atom. The Morgan fingerprint density at radius 2 is 1.76 bits per heavy atom. The minimum atomic E-state index is -1.09. The summed E-state index contributed by atoms with van der Waals surface area (Å²) < 4.78 is 0. The van der Waals surface area contributed by atoms with E-state index in [1.165, 1.54) is 0 Å². The zero-order valence-corrected chi connectivity index (χ0v) is 13.5. The molecule has 0 aliphatic carbocycles. The summed E-state index contributed by atoms with van der Waals surface area (Å²) in [5.41, 5.74) is 5.71. The number of ketones is 1. The Morgan fingerprint density at radius 3 is 2.19 bits per heavy atom. The summed E-state index contributed by atoms with van der Waals surface area (Å²) in [5, 5.41) is 18.2. The molecule has 0 spiro atoms. The number of hydrogen-bond donors (Lipinski definition) is 3. The molecule has 0 saturated carbocycles. The quantitative estimate of drug-likeness (QED) is 0.480. The molecule has 4 nitrogen and oxygen atoms in total. The van der Waals surface area contributed by atoms with Gasteiger partial charge in [0.15, 0.2) is 5.78 Å². The minimum absolute atomic E-state index is 0.0448. The predicted octanol–water partition coefficient (Wildman–Crippen LogP) is 2.08. The number of carbonyl (C=O) groups is 1. The second kappa shape index (κ2) is 8.54. The van der Waals surface area contributed by atoms with Crippen LogP contribution in [-0.4, -0.2) is 40.5 Å². The lowest BCUT2D eigenvalue weighted by molar-refractivity contribution is 0.0793. The van der Waals surface area contributed by atoms with E-state index in [1.54, 1.807) is 30.8 Å². The molecule has 0 fully saturated rings. The molecule has 0 aliphatic heterocycles. The number of carbonyl (C=O) groups excluding carboxylic acids is 1. The Balaban J connectivity index is 2.92. The highest BCUT2D eigenvalue weighted by Crippen LogP contribution is 2.27. The van der Waals surface area contributed by atoms with E-state index in [2.05, 4.69) is 6.92 Å². The molecule has 1 aromatic carbocycles. The van der Waals surface area contributed by atoms with Crippen molar-refractivity contribution in [3.05, 3.63) is 29.8 Å². The number of thioether (sulfide) groups is 1. The molecule has 0 aromatic heterocycles. The highest BCUT2D eigenvalue weighted by molar-refractivity contribution is 7.99. The van der Waals surface area contributed by atoms with Crippen LogP contribution in [0.1, 0.15) is 37.0 Å². The van der Waals surface area contributed by atoms with Gasteiger partial charge in [-0.3, -0.25) is 4.79 Å². The van der Waals surface area contributed by atoms with Crippen LogP contribution in [0.4, 0.5) is 0 Å². The first-order valence-electron chi connectivity index (χ1n) is 7.25. The number of aliphatic hydroxyl groups excluding tert-OH is 2. The maximum atomic E-state index is 12.6. The van der Waals surface area contributed by atoms with Crippen molar-refractivity contribution in [3.8, 4) is 0 Å². The summed E-state index contributed by atoms with van der Waals surface area (Å²) in [6, 6.07) is 7.43. The summed E-state index contributed by atoms with van der Waals surface area (Å²) in [5.74, 6) is 0.587. The lowest BCUT2D eigenvalue weighted by atomic mass is 9.77. The van der Waals surface area contributed by atoms with E-state index in [4.69, 9.17) is 15.9 Å². The number of Topliss-reactive ketones (excluding diaryl/α,β-unsaturated/α-hetero) is 1. The van der Waals surface area contributed by atoms with Gasteiger partial charge in [-0.05, 0) is 43.6 Å². The van der Waals surface area contributed by atoms with E-state index in [0.717, 1.165) is 10.6 Å². The molecule has 0 bridgehead atoms. The molecule has 118 valence electrons. The first kappa shape index (κ1) is 18.2. The Labute approximate surface area is 130 Å². The van der Waals surface area contributed by atoms with E-state index in [9.17, 15) is 4.79 Å². The van der Waals surface area contributed by atoms with E-state index >= 15 is 0 Å². The largest absolute Gasteiger partial charge is 0.396 e. The molecule has 4 N–H and O–H groups in total. The minimum Gasteiger partial charge on any atom is -0.396 e. The number of rotatable bonds is 9. The van der Waals surface area contributed by atoms with Gasteiger partial charge in [0.2, 0.25) is 0 Å². The number of nitrogens with two attached hydrogens (primary N) is 1. The molecule has 1 unspecified atom stereocenters. The standard InChI is InChI=1S/C16H25NO3S/c1-3-21-14-6-4-12(5-7-14)15(20)16(2,17)13(8-10-18)9-11-19/h4-7,13,18-19H,3,8-11,17H2,1-2H3. The average Bonchev–Trinajstić information content (AvgIpc) is 2.47. The first-order chi connectivity index (χ1) is 9.97. The lowest BCUT2D eigenvalue weighted by Crippen LogP contribution is -2.52. The van der Waals surface area contributed by atoms with Crippen molar-refractivity contribution < 1.29 is 15.0 Å². The van der Waals surface area contributed by atoms with Gasteiger partial charge in [-0.25, -0.2) is 0 Å². The van der Waals surface area contributed by atoms with Crippen LogP contribution in [0.3, 0.4) is 0 Å². The Kier molecular flexibility index (Phi) is 7.39. The van der Waals surface area contributed by atoms with Crippen LogP contribution in [-0.2, 0) is 0 Å². The van der Waals surface area contributed by atoms with Crippen LogP contribution < -0.4 is 5.73 Å². The maximum absolute atomic E-state index is 12.6. The summed E-state index contributed by atoms with van der Waals surface area (Å²) in [7, 11) is 0. The highest BCUT2D eigenvalue weighted by Gasteiger charge is 2.37. The van der Waals surface area contributed by atoms with Gasteiger partial charge in [0, 0.05) is 23.7 Å². The van der Waals surface area contributed by atoms with Crippen LogP contribution in [0, 0.1) is 5.92 Å². The van der Waals surface area contributed by atoms with Gasteiger partial charge in [0.05, 0.1) is 5.54 Å². The summed E-state index contributed by atoms with van der Waals surface area (Å²) >= 11 is 1.72. The Bertz CT molecular complexity index is 439. The fourth-order valence-corrected chi connectivity index (χ4v) is 3.08. The van der Waals surface area contributed by atoms with Gasteiger partial charge in [0.1, 0.15) is 0 Å². The molecular formula is C16H25NO3S. The number of hydrogen-bond acceptors (Lipinski definition) is 5. The number of benzene rings is 1. The van der Waals surface area contributed by atoms with Crippen molar-refractivity contribution in [2.24, 2.45) is 11.7 Å². The van der Waals surface area contributed by atoms with E-state index < -0.39 is 5.54 Å². The van der Waals surface area contributed by atoms with Gasteiger partial charge in [-0.15, -0.1) is 11.8 Å². The zero-order chi connectivity index (χ0) is 15.9. The van der Waals surface area contributed by atoms with Crippen molar-refractivity contribution in [2.45, 2.75) is 37.1 Å². The first-order valence-corrected chi connectivity index (χ1v) is 8.24. The van der Waals surface area contributed by atoms with Crippen molar-refractivity contribution >= 4 is 17.5 Å². The van der Waals surface area contributed by atoms with E-state index in [0.29, 0.717) is 18.4 Å². The third-order valence-electron chi connectivity index (χ3n) is 3.72. The lowest BCUT2D eigenvalue weighted by Gasteiger charge is -2.32. The highest BCUT2D eigenvalue weighted by atomic mass is 32.2. The van der Waals surface area contributed by atoms with Crippen LogP contribution >= 0.6 is 11.8 Å². The van der Waals surface area contributed by atoms with Crippen molar-refractivity contribution in [2.75, 3.05) is 19.0 Å². The average molecular weight is 311 g/mol. The second-order valence-corrected chi connectivity index (χ2v) is 6.63. The topological polar surface area (TPSA) is 83.6 Å². The monoisotopic (exact) mass is 311 g/mol. The SMILES string of the molecule is CCSc1ccc(C(=O)C(C)(N)C(CCO)CCO)cc1. The van der Waals surface area contributed by atoms with Crippen molar-refractivity contribution in [1.82, 2.24) is 0 Å².